The first-order chi connectivity index (χ1) is 8.50. The standard InChI is InChI=1S/C16H17FO/c1-10-8-12(3)14(9-11(10)2)16(18)13-6-4-5-7-15(13)17/h4-9,16,18H,1-3H3. The second kappa shape index (κ2) is 4.91. The number of halogens is 1. The minimum atomic E-state index is -0.912. The number of hydrogen-bond donors (Lipinski definition) is 1. The van der Waals surface area contributed by atoms with Crippen LogP contribution in [0.3, 0.4) is 0 Å². The van der Waals surface area contributed by atoms with Crippen LogP contribution in [0.25, 0.3) is 0 Å². The van der Waals surface area contributed by atoms with Crippen molar-refractivity contribution >= 4 is 0 Å². The van der Waals surface area contributed by atoms with E-state index in [2.05, 4.69) is 0 Å². The molecular formula is C16H17FO. The Bertz CT molecular complexity index is 575. The molecule has 1 N–H and O–H groups in total. The zero-order chi connectivity index (χ0) is 13.3. The van der Waals surface area contributed by atoms with Crippen molar-refractivity contribution in [2.24, 2.45) is 0 Å². The summed E-state index contributed by atoms with van der Waals surface area (Å²) >= 11 is 0. The molecular weight excluding hydrogens is 227 g/mol. The van der Waals surface area contributed by atoms with E-state index in [0.717, 1.165) is 16.7 Å². The zero-order valence-corrected chi connectivity index (χ0v) is 10.9. The van der Waals surface area contributed by atoms with Gasteiger partial charge in [-0.2, -0.15) is 0 Å². The summed E-state index contributed by atoms with van der Waals surface area (Å²) < 4.78 is 13.7. The smallest absolute Gasteiger partial charge is 0.129 e. The van der Waals surface area contributed by atoms with E-state index < -0.39 is 6.10 Å². The molecule has 0 spiro atoms. The Balaban J connectivity index is 2.50. The highest BCUT2D eigenvalue weighted by atomic mass is 19.1. The summed E-state index contributed by atoms with van der Waals surface area (Å²) in [5.41, 5.74) is 4.35. The van der Waals surface area contributed by atoms with Gasteiger partial charge in [-0.1, -0.05) is 30.3 Å². The van der Waals surface area contributed by atoms with Crippen LogP contribution in [0.1, 0.15) is 33.9 Å². The van der Waals surface area contributed by atoms with Gasteiger partial charge < -0.3 is 5.11 Å². The van der Waals surface area contributed by atoms with E-state index in [1.165, 1.54) is 11.6 Å². The molecule has 2 aromatic rings. The number of aryl methyl sites for hydroxylation is 3. The molecule has 1 nitrogen and oxygen atoms in total. The Morgan fingerprint density at radius 1 is 0.889 bits per heavy atom. The molecule has 1 atom stereocenters. The van der Waals surface area contributed by atoms with Gasteiger partial charge in [-0.3, -0.25) is 0 Å². The van der Waals surface area contributed by atoms with Gasteiger partial charge in [0.05, 0.1) is 0 Å². The molecule has 2 rings (SSSR count). The number of aliphatic hydroxyl groups excluding tert-OH is 1. The molecule has 0 saturated heterocycles. The van der Waals surface area contributed by atoms with Gasteiger partial charge >= 0.3 is 0 Å². The molecule has 0 aliphatic carbocycles. The summed E-state index contributed by atoms with van der Waals surface area (Å²) in [6, 6.07) is 10.3. The van der Waals surface area contributed by atoms with Crippen LogP contribution >= 0.6 is 0 Å². The topological polar surface area (TPSA) is 20.2 Å². The molecule has 0 radical (unpaired) electrons. The highest BCUT2D eigenvalue weighted by molar-refractivity contribution is 5.41. The van der Waals surface area contributed by atoms with Crippen molar-refractivity contribution in [1.82, 2.24) is 0 Å². The van der Waals surface area contributed by atoms with E-state index in [9.17, 15) is 9.50 Å². The van der Waals surface area contributed by atoms with Crippen LogP contribution in [0.2, 0.25) is 0 Å². The summed E-state index contributed by atoms with van der Waals surface area (Å²) in [4.78, 5) is 0. The SMILES string of the molecule is Cc1cc(C)c(C(O)c2ccccc2F)cc1C. The fraction of sp³-hybridized carbons (Fsp3) is 0.250. The molecule has 0 aliphatic rings. The molecule has 0 bridgehead atoms. The third kappa shape index (κ3) is 2.29. The maximum atomic E-state index is 13.7. The predicted molar refractivity (Wildman–Crippen MR) is 71.1 cm³/mol. The summed E-state index contributed by atoms with van der Waals surface area (Å²) in [5, 5.41) is 10.3. The number of aliphatic hydroxyl groups is 1. The minimum Gasteiger partial charge on any atom is -0.384 e. The Morgan fingerprint density at radius 3 is 2.17 bits per heavy atom. The second-order valence-corrected chi connectivity index (χ2v) is 4.72. The van der Waals surface area contributed by atoms with Crippen LogP contribution in [0.4, 0.5) is 4.39 Å². The highest BCUT2D eigenvalue weighted by Crippen LogP contribution is 2.28. The number of rotatable bonds is 2. The van der Waals surface area contributed by atoms with Gasteiger partial charge in [-0.05, 0) is 49.1 Å². The maximum Gasteiger partial charge on any atom is 0.129 e. The van der Waals surface area contributed by atoms with Crippen LogP contribution in [-0.2, 0) is 0 Å². The van der Waals surface area contributed by atoms with Gasteiger partial charge in [0.25, 0.3) is 0 Å². The van der Waals surface area contributed by atoms with E-state index in [0.29, 0.717) is 5.56 Å². The van der Waals surface area contributed by atoms with Gasteiger partial charge in [0.15, 0.2) is 0 Å². The Morgan fingerprint density at radius 2 is 1.50 bits per heavy atom. The average molecular weight is 244 g/mol. The number of benzene rings is 2. The van der Waals surface area contributed by atoms with Crippen LogP contribution in [0.5, 0.6) is 0 Å². The molecule has 0 amide bonds. The molecule has 2 heteroatoms. The van der Waals surface area contributed by atoms with Crippen molar-refractivity contribution in [2.45, 2.75) is 26.9 Å². The fourth-order valence-electron chi connectivity index (χ4n) is 2.14. The first kappa shape index (κ1) is 12.8. The van der Waals surface area contributed by atoms with Gasteiger partial charge in [0.1, 0.15) is 11.9 Å². The van der Waals surface area contributed by atoms with Crippen LogP contribution in [0, 0.1) is 26.6 Å². The van der Waals surface area contributed by atoms with Gasteiger partial charge in [0.2, 0.25) is 0 Å². The third-order valence-electron chi connectivity index (χ3n) is 3.38. The molecule has 2 aromatic carbocycles. The maximum absolute atomic E-state index is 13.7. The molecule has 0 fully saturated rings. The Kier molecular flexibility index (Phi) is 3.48. The summed E-state index contributed by atoms with van der Waals surface area (Å²) in [5.74, 6) is -0.373. The second-order valence-electron chi connectivity index (χ2n) is 4.72. The van der Waals surface area contributed by atoms with Crippen molar-refractivity contribution < 1.29 is 9.50 Å². The lowest BCUT2D eigenvalue weighted by Gasteiger charge is -2.16. The minimum absolute atomic E-state index is 0.323. The van der Waals surface area contributed by atoms with E-state index in [4.69, 9.17) is 0 Å². The molecule has 0 heterocycles. The summed E-state index contributed by atoms with van der Waals surface area (Å²) in [7, 11) is 0. The molecule has 18 heavy (non-hydrogen) atoms. The lowest BCUT2D eigenvalue weighted by molar-refractivity contribution is 0.214. The molecule has 94 valence electrons. The Hall–Kier alpha value is -1.67. The van der Waals surface area contributed by atoms with Crippen molar-refractivity contribution in [2.75, 3.05) is 0 Å². The lowest BCUT2D eigenvalue weighted by atomic mass is 9.93. The molecule has 0 aliphatic heterocycles. The molecule has 0 saturated carbocycles. The summed E-state index contributed by atoms with van der Waals surface area (Å²) in [6.07, 6.45) is -0.912. The normalized spacial score (nSPS) is 12.5. The van der Waals surface area contributed by atoms with Crippen LogP contribution in [-0.4, -0.2) is 5.11 Å². The first-order valence-electron chi connectivity index (χ1n) is 6.01. The zero-order valence-electron chi connectivity index (χ0n) is 10.9. The predicted octanol–water partition coefficient (Wildman–Crippen LogP) is 3.83. The fourth-order valence-corrected chi connectivity index (χ4v) is 2.14. The third-order valence-corrected chi connectivity index (χ3v) is 3.38. The summed E-state index contributed by atoms with van der Waals surface area (Å²) in [6.45, 7) is 5.96. The highest BCUT2D eigenvalue weighted by Gasteiger charge is 2.17. The lowest BCUT2D eigenvalue weighted by Crippen LogP contribution is -2.05. The quantitative estimate of drug-likeness (QED) is 0.851. The van der Waals surface area contributed by atoms with Gasteiger partial charge in [-0.25, -0.2) is 4.39 Å². The van der Waals surface area contributed by atoms with Crippen molar-refractivity contribution in [1.29, 1.82) is 0 Å². The Labute approximate surface area is 107 Å². The molecule has 0 aromatic heterocycles. The van der Waals surface area contributed by atoms with Crippen molar-refractivity contribution in [3.8, 4) is 0 Å². The number of hydrogen-bond acceptors (Lipinski definition) is 1. The van der Waals surface area contributed by atoms with E-state index in [1.807, 2.05) is 32.9 Å². The van der Waals surface area contributed by atoms with Gasteiger partial charge in [-0.15, -0.1) is 0 Å². The largest absolute Gasteiger partial charge is 0.384 e. The monoisotopic (exact) mass is 244 g/mol. The molecule has 1 unspecified atom stereocenters. The van der Waals surface area contributed by atoms with Crippen molar-refractivity contribution in [3.63, 3.8) is 0 Å². The van der Waals surface area contributed by atoms with E-state index >= 15 is 0 Å². The first-order valence-corrected chi connectivity index (χ1v) is 6.01. The van der Waals surface area contributed by atoms with Crippen LogP contribution in [0.15, 0.2) is 36.4 Å². The van der Waals surface area contributed by atoms with E-state index in [-0.39, 0.29) is 5.82 Å². The van der Waals surface area contributed by atoms with Crippen molar-refractivity contribution in [3.05, 3.63) is 70.0 Å². The van der Waals surface area contributed by atoms with E-state index in [1.54, 1.807) is 18.2 Å². The van der Waals surface area contributed by atoms with Crippen LogP contribution < -0.4 is 0 Å². The average Bonchev–Trinajstić information content (AvgIpc) is 2.33. The van der Waals surface area contributed by atoms with Gasteiger partial charge in [0, 0.05) is 5.56 Å².